The van der Waals surface area contributed by atoms with E-state index in [9.17, 15) is 0 Å². The molecule has 4 nitrogen and oxygen atoms in total. The lowest BCUT2D eigenvalue weighted by Crippen LogP contribution is -2.42. The Morgan fingerprint density at radius 3 is 2.60 bits per heavy atom. The first-order valence-corrected chi connectivity index (χ1v) is 8.02. The van der Waals surface area contributed by atoms with E-state index in [0.717, 1.165) is 24.9 Å². The standard InChI is InChI=1S/C16H30N4/c1-5-15(17)16(13-10-18-19(4)11-13)20(14-6-7-14)9-8-12(2)3/h10-12,14-16H,5-9,17H2,1-4H3. The second-order valence-electron chi connectivity index (χ2n) is 6.62. The maximum absolute atomic E-state index is 6.45. The summed E-state index contributed by atoms with van der Waals surface area (Å²) in [5.41, 5.74) is 7.73. The van der Waals surface area contributed by atoms with Crippen LogP contribution in [0.1, 0.15) is 58.1 Å². The third-order valence-electron chi connectivity index (χ3n) is 4.28. The van der Waals surface area contributed by atoms with E-state index >= 15 is 0 Å². The number of hydrogen-bond acceptors (Lipinski definition) is 3. The molecule has 2 rings (SSSR count). The molecule has 0 bridgehead atoms. The Hall–Kier alpha value is -0.870. The molecule has 2 N–H and O–H groups in total. The molecule has 1 heterocycles. The maximum Gasteiger partial charge on any atom is 0.0538 e. The Morgan fingerprint density at radius 1 is 1.45 bits per heavy atom. The summed E-state index contributed by atoms with van der Waals surface area (Å²) < 4.78 is 1.89. The normalized spacial score (nSPS) is 18.8. The van der Waals surface area contributed by atoms with Crippen molar-refractivity contribution in [3.63, 3.8) is 0 Å². The monoisotopic (exact) mass is 278 g/mol. The van der Waals surface area contributed by atoms with Gasteiger partial charge in [0.05, 0.1) is 12.2 Å². The van der Waals surface area contributed by atoms with Crippen molar-refractivity contribution in [2.75, 3.05) is 6.54 Å². The van der Waals surface area contributed by atoms with Crippen LogP contribution in [-0.2, 0) is 7.05 Å². The van der Waals surface area contributed by atoms with Crippen LogP contribution in [0, 0.1) is 5.92 Å². The van der Waals surface area contributed by atoms with E-state index in [4.69, 9.17) is 5.73 Å². The first kappa shape index (κ1) is 15.5. The molecule has 1 aliphatic carbocycles. The lowest BCUT2D eigenvalue weighted by atomic mass is 9.97. The van der Waals surface area contributed by atoms with Gasteiger partial charge in [0.15, 0.2) is 0 Å². The summed E-state index contributed by atoms with van der Waals surface area (Å²) in [5, 5.41) is 4.35. The zero-order valence-electron chi connectivity index (χ0n) is 13.4. The molecule has 0 aliphatic heterocycles. The van der Waals surface area contributed by atoms with Crippen molar-refractivity contribution in [3.05, 3.63) is 18.0 Å². The van der Waals surface area contributed by atoms with Crippen LogP contribution >= 0.6 is 0 Å². The highest BCUT2D eigenvalue weighted by atomic mass is 15.3. The van der Waals surface area contributed by atoms with Crippen LogP contribution < -0.4 is 5.73 Å². The summed E-state index contributed by atoms with van der Waals surface area (Å²) in [6.45, 7) is 7.92. The van der Waals surface area contributed by atoms with Gasteiger partial charge in [0.2, 0.25) is 0 Å². The van der Waals surface area contributed by atoms with Gasteiger partial charge >= 0.3 is 0 Å². The molecule has 0 saturated heterocycles. The van der Waals surface area contributed by atoms with Gasteiger partial charge in [-0.1, -0.05) is 20.8 Å². The van der Waals surface area contributed by atoms with E-state index < -0.39 is 0 Å². The van der Waals surface area contributed by atoms with Crippen LogP contribution in [0.3, 0.4) is 0 Å². The molecule has 20 heavy (non-hydrogen) atoms. The molecule has 4 heteroatoms. The summed E-state index contributed by atoms with van der Waals surface area (Å²) in [6.07, 6.45) is 9.01. The maximum atomic E-state index is 6.45. The zero-order chi connectivity index (χ0) is 14.7. The van der Waals surface area contributed by atoms with Crippen LogP contribution in [0.5, 0.6) is 0 Å². The lowest BCUT2D eigenvalue weighted by molar-refractivity contribution is 0.151. The fourth-order valence-corrected chi connectivity index (χ4v) is 2.86. The number of nitrogens with zero attached hydrogens (tertiary/aromatic N) is 3. The largest absolute Gasteiger partial charge is 0.326 e. The lowest BCUT2D eigenvalue weighted by Gasteiger charge is -2.35. The molecular weight excluding hydrogens is 248 g/mol. The van der Waals surface area contributed by atoms with E-state index in [1.807, 2.05) is 17.9 Å². The predicted octanol–water partition coefficient (Wildman–Crippen LogP) is 2.71. The third kappa shape index (κ3) is 3.83. The van der Waals surface area contributed by atoms with Crippen molar-refractivity contribution in [1.29, 1.82) is 0 Å². The molecule has 0 spiro atoms. The second-order valence-corrected chi connectivity index (χ2v) is 6.62. The second kappa shape index (κ2) is 6.72. The molecule has 0 radical (unpaired) electrons. The van der Waals surface area contributed by atoms with Gasteiger partial charge in [-0.15, -0.1) is 0 Å². The van der Waals surface area contributed by atoms with Gasteiger partial charge in [0.1, 0.15) is 0 Å². The van der Waals surface area contributed by atoms with Gasteiger partial charge in [-0.25, -0.2) is 0 Å². The van der Waals surface area contributed by atoms with Crippen molar-refractivity contribution in [2.45, 2.75) is 64.6 Å². The minimum absolute atomic E-state index is 0.187. The Labute approximate surface area is 123 Å². The third-order valence-corrected chi connectivity index (χ3v) is 4.28. The van der Waals surface area contributed by atoms with Gasteiger partial charge in [0, 0.05) is 30.9 Å². The van der Waals surface area contributed by atoms with Crippen molar-refractivity contribution in [2.24, 2.45) is 18.7 Å². The first-order valence-electron chi connectivity index (χ1n) is 8.02. The SMILES string of the molecule is CCC(N)C(c1cnn(C)c1)N(CCC(C)C)C1CC1. The van der Waals surface area contributed by atoms with Gasteiger partial charge in [-0.2, -0.15) is 5.10 Å². The van der Waals surface area contributed by atoms with Crippen molar-refractivity contribution in [1.82, 2.24) is 14.7 Å². The minimum Gasteiger partial charge on any atom is -0.326 e. The molecule has 1 aliphatic rings. The van der Waals surface area contributed by atoms with Gasteiger partial charge in [0.25, 0.3) is 0 Å². The van der Waals surface area contributed by atoms with E-state index in [1.165, 1.54) is 24.8 Å². The number of aromatic nitrogens is 2. The summed E-state index contributed by atoms with van der Waals surface area (Å²) in [7, 11) is 1.98. The Kier molecular flexibility index (Phi) is 5.22. The average Bonchev–Trinajstić information content (AvgIpc) is 3.16. The summed E-state index contributed by atoms with van der Waals surface area (Å²) >= 11 is 0. The smallest absolute Gasteiger partial charge is 0.0538 e. The van der Waals surface area contributed by atoms with Crippen molar-refractivity contribution >= 4 is 0 Å². The van der Waals surface area contributed by atoms with Crippen LogP contribution in [0.25, 0.3) is 0 Å². The zero-order valence-corrected chi connectivity index (χ0v) is 13.4. The Morgan fingerprint density at radius 2 is 2.15 bits per heavy atom. The Balaban J connectivity index is 2.18. The fourth-order valence-electron chi connectivity index (χ4n) is 2.86. The van der Waals surface area contributed by atoms with Gasteiger partial charge in [-0.05, 0) is 38.1 Å². The average molecular weight is 278 g/mol. The van der Waals surface area contributed by atoms with Crippen LogP contribution in [0.2, 0.25) is 0 Å². The van der Waals surface area contributed by atoms with Crippen molar-refractivity contribution in [3.8, 4) is 0 Å². The number of aryl methyl sites for hydroxylation is 1. The minimum atomic E-state index is 0.187. The molecule has 1 aromatic heterocycles. The molecule has 114 valence electrons. The highest BCUT2D eigenvalue weighted by Gasteiger charge is 2.37. The van der Waals surface area contributed by atoms with Crippen molar-refractivity contribution < 1.29 is 0 Å². The first-order chi connectivity index (χ1) is 9.52. The highest BCUT2D eigenvalue weighted by molar-refractivity contribution is 5.15. The summed E-state index contributed by atoms with van der Waals surface area (Å²) in [5.74, 6) is 0.739. The van der Waals surface area contributed by atoms with E-state index in [2.05, 4.69) is 37.0 Å². The topological polar surface area (TPSA) is 47.1 Å². The van der Waals surface area contributed by atoms with E-state index in [0.29, 0.717) is 6.04 Å². The van der Waals surface area contributed by atoms with E-state index in [-0.39, 0.29) is 6.04 Å². The molecule has 2 atom stereocenters. The molecule has 1 fully saturated rings. The van der Waals surface area contributed by atoms with E-state index in [1.54, 1.807) is 0 Å². The molecular formula is C16H30N4. The van der Waals surface area contributed by atoms with Crippen LogP contribution in [0.15, 0.2) is 12.4 Å². The number of nitrogens with two attached hydrogens (primary N) is 1. The number of rotatable bonds is 8. The molecule has 1 saturated carbocycles. The highest BCUT2D eigenvalue weighted by Crippen LogP contribution is 2.36. The van der Waals surface area contributed by atoms with Gasteiger partial charge < -0.3 is 5.73 Å². The molecule has 0 amide bonds. The molecule has 1 aromatic rings. The number of hydrogen-bond donors (Lipinski definition) is 1. The fraction of sp³-hybridized carbons (Fsp3) is 0.812. The summed E-state index contributed by atoms with van der Waals surface area (Å²) in [4.78, 5) is 2.64. The molecule has 2 unspecified atom stereocenters. The predicted molar refractivity (Wildman–Crippen MR) is 83.4 cm³/mol. The quantitative estimate of drug-likeness (QED) is 0.795. The Bertz CT molecular complexity index is 408. The summed E-state index contributed by atoms with van der Waals surface area (Å²) in [6, 6.07) is 1.24. The molecule has 0 aromatic carbocycles. The van der Waals surface area contributed by atoms with Crippen LogP contribution in [-0.4, -0.2) is 33.3 Å². The van der Waals surface area contributed by atoms with Gasteiger partial charge in [-0.3, -0.25) is 9.58 Å². The van der Waals surface area contributed by atoms with Crippen LogP contribution in [0.4, 0.5) is 0 Å².